The molecule has 2 aromatic carbocycles. The van der Waals surface area contributed by atoms with Crippen molar-refractivity contribution in [1.29, 1.82) is 0 Å². The summed E-state index contributed by atoms with van der Waals surface area (Å²) >= 11 is 0. The Hall–Kier alpha value is -2.88. The second kappa shape index (κ2) is 7.22. The number of benzene rings is 2. The number of rotatable bonds is 4. The first-order valence-electron chi connectivity index (χ1n) is 6.74. The minimum Gasteiger partial charge on any atom is -0.465 e. The SMILES string of the molecule is COC(=O)C(=COC(=O)c1ccccc1)c1ccccc1C. The molecule has 0 atom stereocenters. The van der Waals surface area contributed by atoms with Gasteiger partial charge in [-0.1, -0.05) is 42.5 Å². The van der Waals surface area contributed by atoms with Crippen molar-refractivity contribution in [3.8, 4) is 0 Å². The molecule has 22 heavy (non-hydrogen) atoms. The lowest BCUT2D eigenvalue weighted by atomic mass is 10.0. The standard InChI is InChI=1S/C18H16O4/c1-13-8-6-7-11-15(13)16(18(20)21-2)12-22-17(19)14-9-4-3-5-10-14/h3-12H,1-2H3. The Balaban J connectivity index is 2.29. The molecule has 0 aliphatic rings. The average molecular weight is 296 g/mol. The highest BCUT2D eigenvalue weighted by Crippen LogP contribution is 2.20. The van der Waals surface area contributed by atoms with E-state index in [9.17, 15) is 9.59 Å². The quantitative estimate of drug-likeness (QED) is 0.493. The number of hydrogen-bond acceptors (Lipinski definition) is 4. The number of carbonyl (C=O) groups excluding carboxylic acids is 2. The summed E-state index contributed by atoms with van der Waals surface area (Å²) in [7, 11) is 1.29. The molecular weight excluding hydrogens is 280 g/mol. The molecule has 2 aromatic rings. The summed E-state index contributed by atoms with van der Waals surface area (Å²) in [5.41, 5.74) is 2.16. The monoisotopic (exact) mass is 296 g/mol. The van der Waals surface area contributed by atoms with Gasteiger partial charge < -0.3 is 9.47 Å². The number of esters is 2. The highest BCUT2D eigenvalue weighted by molar-refractivity contribution is 6.16. The molecule has 0 saturated carbocycles. The molecule has 4 heteroatoms. The normalized spacial score (nSPS) is 10.9. The van der Waals surface area contributed by atoms with E-state index in [1.54, 1.807) is 42.5 Å². The van der Waals surface area contributed by atoms with Crippen molar-refractivity contribution in [3.63, 3.8) is 0 Å². The number of ether oxygens (including phenoxy) is 2. The third kappa shape index (κ3) is 3.61. The van der Waals surface area contributed by atoms with E-state index in [1.807, 2.05) is 19.1 Å². The smallest absolute Gasteiger partial charge is 0.342 e. The summed E-state index contributed by atoms with van der Waals surface area (Å²) in [4.78, 5) is 23.9. The van der Waals surface area contributed by atoms with Crippen molar-refractivity contribution in [2.75, 3.05) is 7.11 Å². The zero-order valence-electron chi connectivity index (χ0n) is 12.4. The molecule has 112 valence electrons. The van der Waals surface area contributed by atoms with Gasteiger partial charge in [0.05, 0.1) is 12.7 Å². The lowest BCUT2D eigenvalue weighted by Crippen LogP contribution is -2.08. The van der Waals surface area contributed by atoms with Crippen LogP contribution in [0.5, 0.6) is 0 Å². The van der Waals surface area contributed by atoms with Crippen LogP contribution in [0.25, 0.3) is 5.57 Å². The van der Waals surface area contributed by atoms with E-state index in [-0.39, 0.29) is 5.57 Å². The van der Waals surface area contributed by atoms with Gasteiger partial charge in [0.25, 0.3) is 0 Å². The third-order valence-corrected chi connectivity index (χ3v) is 3.13. The average Bonchev–Trinajstić information content (AvgIpc) is 2.56. The first-order valence-corrected chi connectivity index (χ1v) is 6.74. The van der Waals surface area contributed by atoms with Gasteiger partial charge in [-0.05, 0) is 30.2 Å². The topological polar surface area (TPSA) is 52.6 Å². The fourth-order valence-corrected chi connectivity index (χ4v) is 1.96. The van der Waals surface area contributed by atoms with Crippen molar-refractivity contribution in [1.82, 2.24) is 0 Å². The van der Waals surface area contributed by atoms with Crippen molar-refractivity contribution in [2.24, 2.45) is 0 Å². The Morgan fingerprint density at radius 1 is 0.955 bits per heavy atom. The van der Waals surface area contributed by atoms with E-state index in [0.717, 1.165) is 11.8 Å². The summed E-state index contributed by atoms with van der Waals surface area (Å²) in [5.74, 6) is -1.09. The largest absolute Gasteiger partial charge is 0.465 e. The molecule has 0 bridgehead atoms. The molecular formula is C18H16O4. The second-order valence-electron chi connectivity index (χ2n) is 4.61. The van der Waals surface area contributed by atoms with Gasteiger partial charge in [-0.15, -0.1) is 0 Å². The lowest BCUT2D eigenvalue weighted by molar-refractivity contribution is -0.133. The van der Waals surface area contributed by atoms with Crippen molar-refractivity contribution < 1.29 is 19.1 Å². The number of methoxy groups -OCH3 is 1. The van der Waals surface area contributed by atoms with Crippen LogP contribution in [-0.2, 0) is 14.3 Å². The Kier molecular flexibility index (Phi) is 5.09. The van der Waals surface area contributed by atoms with Gasteiger partial charge in [-0.25, -0.2) is 9.59 Å². The van der Waals surface area contributed by atoms with E-state index in [0.29, 0.717) is 11.1 Å². The molecule has 0 spiro atoms. The Labute approximate surface area is 129 Å². The zero-order valence-corrected chi connectivity index (χ0v) is 12.4. The van der Waals surface area contributed by atoms with Crippen molar-refractivity contribution in [2.45, 2.75) is 6.92 Å². The van der Waals surface area contributed by atoms with Crippen LogP contribution in [0.3, 0.4) is 0 Å². The van der Waals surface area contributed by atoms with Gasteiger partial charge in [-0.2, -0.15) is 0 Å². The Morgan fingerprint density at radius 3 is 2.23 bits per heavy atom. The van der Waals surface area contributed by atoms with E-state index < -0.39 is 11.9 Å². The Bertz CT molecular complexity index is 702. The number of hydrogen-bond donors (Lipinski definition) is 0. The maximum absolute atomic E-state index is 12.0. The molecule has 0 unspecified atom stereocenters. The number of carbonyl (C=O) groups is 2. The maximum Gasteiger partial charge on any atom is 0.342 e. The molecule has 0 aliphatic carbocycles. The van der Waals surface area contributed by atoms with Crippen molar-refractivity contribution >= 4 is 17.5 Å². The molecule has 0 N–H and O–H groups in total. The van der Waals surface area contributed by atoms with Crippen LogP contribution in [0, 0.1) is 6.92 Å². The number of aryl methyl sites for hydroxylation is 1. The fourth-order valence-electron chi connectivity index (χ4n) is 1.96. The molecule has 0 aliphatic heterocycles. The highest BCUT2D eigenvalue weighted by Gasteiger charge is 2.16. The van der Waals surface area contributed by atoms with E-state index in [2.05, 4.69) is 0 Å². The van der Waals surface area contributed by atoms with Gasteiger partial charge in [-0.3, -0.25) is 0 Å². The summed E-state index contributed by atoms with van der Waals surface area (Å²) in [6, 6.07) is 15.9. The minimum absolute atomic E-state index is 0.199. The van der Waals surface area contributed by atoms with E-state index in [4.69, 9.17) is 9.47 Å². The van der Waals surface area contributed by atoms with Crippen molar-refractivity contribution in [3.05, 3.63) is 77.5 Å². The second-order valence-corrected chi connectivity index (χ2v) is 4.61. The molecule has 0 fully saturated rings. The summed E-state index contributed by atoms with van der Waals surface area (Å²) < 4.78 is 9.88. The van der Waals surface area contributed by atoms with Crippen LogP contribution in [0.2, 0.25) is 0 Å². The maximum atomic E-state index is 12.0. The molecule has 0 amide bonds. The van der Waals surface area contributed by atoms with Gasteiger partial charge in [0.1, 0.15) is 11.8 Å². The predicted octanol–water partition coefficient (Wildman–Crippen LogP) is 3.37. The fraction of sp³-hybridized carbons (Fsp3) is 0.111. The van der Waals surface area contributed by atoms with Crippen LogP contribution < -0.4 is 0 Å². The Morgan fingerprint density at radius 2 is 1.59 bits per heavy atom. The summed E-state index contributed by atoms with van der Waals surface area (Å²) in [6.07, 6.45) is 1.14. The summed E-state index contributed by atoms with van der Waals surface area (Å²) in [5, 5.41) is 0. The van der Waals surface area contributed by atoms with Gasteiger partial charge in [0, 0.05) is 0 Å². The highest BCUT2D eigenvalue weighted by atomic mass is 16.5. The summed E-state index contributed by atoms with van der Waals surface area (Å²) in [6.45, 7) is 1.87. The molecule has 0 radical (unpaired) electrons. The van der Waals surface area contributed by atoms with Crippen LogP contribution in [0.4, 0.5) is 0 Å². The first-order chi connectivity index (χ1) is 10.6. The van der Waals surface area contributed by atoms with Gasteiger partial charge in [0.15, 0.2) is 0 Å². The molecule has 4 nitrogen and oxygen atoms in total. The van der Waals surface area contributed by atoms with Crippen LogP contribution in [0.15, 0.2) is 60.9 Å². The first kappa shape index (κ1) is 15.5. The van der Waals surface area contributed by atoms with E-state index >= 15 is 0 Å². The van der Waals surface area contributed by atoms with Crippen LogP contribution >= 0.6 is 0 Å². The lowest BCUT2D eigenvalue weighted by Gasteiger charge is -2.09. The van der Waals surface area contributed by atoms with Crippen LogP contribution in [-0.4, -0.2) is 19.0 Å². The molecule has 2 rings (SSSR count). The van der Waals surface area contributed by atoms with Gasteiger partial charge in [0.2, 0.25) is 0 Å². The molecule has 0 saturated heterocycles. The van der Waals surface area contributed by atoms with Crippen LogP contribution in [0.1, 0.15) is 21.5 Å². The molecule has 0 aromatic heterocycles. The minimum atomic E-state index is -0.560. The zero-order chi connectivity index (χ0) is 15.9. The third-order valence-electron chi connectivity index (χ3n) is 3.13. The predicted molar refractivity (Wildman–Crippen MR) is 83.0 cm³/mol. The van der Waals surface area contributed by atoms with E-state index in [1.165, 1.54) is 7.11 Å². The molecule has 0 heterocycles. The van der Waals surface area contributed by atoms with Gasteiger partial charge >= 0.3 is 11.9 Å².